The van der Waals surface area contributed by atoms with Gasteiger partial charge in [0.05, 0.1) is 11.9 Å². The molecule has 0 unspecified atom stereocenters. The second kappa shape index (κ2) is 4.94. The maximum Gasteiger partial charge on any atom is 0.0569 e. The van der Waals surface area contributed by atoms with Crippen molar-refractivity contribution in [2.45, 2.75) is 19.9 Å². The Morgan fingerprint density at radius 2 is 2.00 bits per heavy atom. The van der Waals surface area contributed by atoms with Crippen molar-refractivity contribution >= 4 is 0 Å². The molecule has 0 spiro atoms. The Bertz CT molecular complexity index is 442. The van der Waals surface area contributed by atoms with Crippen LogP contribution in [0.15, 0.2) is 30.5 Å². The van der Waals surface area contributed by atoms with Gasteiger partial charge >= 0.3 is 0 Å². The highest BCUT2D eigenvalue weighted by molar-refractivity contribution is 5.65. The van der Waals surface area contributed by atoms with Crippen LogP contribution in [0.2, 0.25) is 0 Å². The molecule has 0 radical (unpaired) electrons. The summed E-state index contributed by atoms with van der Waals surface area (Å²) in [5.41, 5.74) is 4.89. The van der Waals surface area contributed by atoms with Crippen LogP contribution >= 0.6 is 0 Å². The minimum absolute atomic E-state index is 0.810. The van der Waals surface area contributed by atoms with E-state index in [-0.39, 0.29) is 0 Å². The number of aromatic nitrogens is 2. The summed E-state index contributed by atoms with van der Waals surface area (Å²) >= 11 is 0. The van der Waals surface area contributed by atoms with Crippen LogP contribution in [0.5, 0.6) is 0 Å². The van der Waals surface area contributed by atoms with Gasteiger partial charge in [-0.2, -0.15) is 5.10 Å². The molecule has 0 fully saturated rings. The van der Waals surface area contributed by atoms with Crippen LogP contribution in [0.4, 0.5) is 0 Å². The van der Waals surface area contributed by atoms with Crippen LogP contribution in [0, 0.1) is 0 Å². The van der Waals surface area contributed by atoms with Crippen LogP contribution < -0.4 is 5.32 Å². The lowest BCUT2D eigenvalue weighted by Gasteiger charge is -2.03. The normalized spacial score (nSPS) is 10.6. The summed E-state index contributed by atoms with van der Waals surface area (Å²) in [6.45, 7) is 2.98. The Balaban J connectivity index is 2.31. The number of aryl methyl sites for hydroxylation is 1. The zero-order chi connectivity index (χ0) is 11.4. The smallest absolute Gasteiger partial charge is 0.0569 e. The molecule has 3 heteroatoms. The number of nitrogens with zero attached hydrogens (tertiary/aromatic N) is 1. The molecule has 0 saturated carbocycles. The first-order valence-corrected chi connectivity index (χ1v) is 5.61. The number of nitrogens with one attached hydrogen (secondary N) is 2. The molecule has 1 aromatic carbocycles. The quantitative estimate of drug-likeness (QED) is 0.822. The van der Waals surface area contributed by atoms with E-state index in [9.17, 15) is 0 Å². The maximum atomic E-state index is 4.09. The largest absolute Gasteiger partial charge is 0.314 e. The van der Waals surface area contributed by atoms with E-state index in [0.29, 0.717) is 0 Å². The van der Waals surface area contributed by atoms with Gasteiger partial charge in [-0.25, -0.2) is 0 Å². The molecule has 0 amide bonds. The van der Waals surface area contributed by atoms with Gasteiger partial charge in [0.15, 0.2) is 0 Å². The van der Waals surface area contributed by atoms with Crippen molar-refractivity contribution in [3.05, 3.63) is 41.7 Å². The van der Waals surface area contributed by atoms with Gasteiger partial charge in [-0.1, -0.05) is 31.2 Å². The summed E-state index contributed by atoms with van der Waals surface area (Å²) in [5, 5.41) is 10.2. The summed E-state index contributed by atoms with van der Waals surface area (Å²) in [7, 11) is 1.94. The molecule has 0 aliphatic carbocycles. The number of benzene rings is 1. The Morgan fingerprint density at radius 3 is 2.62 bits per heavy atom. The van der Waals surface area contributed by atoms with E-state index in [1.807, 2.05) is 13.2 Å². The van der Waals surface area contributed by atoms with E-state index in [1.54, 1.807) is 0 Å². The average molecular weight is 215 g/mol. The van der Waals surface area contributed by atoms with Gasteiger partial charge in [-0.3, -0.25) is 5.10 Å². The van der Waals surface area contributed by atoms with Crippen LogP contribution in [0.3, 0.4) is 0 Å². The monoisotopic (exact) mass is 215 g/mol. The molecule has 2 N–H and O–H groups in total. The molecule has 0 bridgehead atoms. The van der Waals surface area contributed by atoms with Gasteiger partial charge in [0.1, 0.15) is 0 Å². The second-order valence-electron chi connectivity index (χ2n) is 3.84. The highest BCUT2D eigenvalue weighted by Gasteiger charge is 2.06. The molecule has 0 aliphatic heterocycles. The first-order valence-electron chi connectivity index (χ1n) is 5.61. The Morgan fingerprint density at radius 1 is 1.25 bits per heavy atom. The van der Waals surface area contributed by atoms with E-state index in [0.717, 1.165) is 18.7 Å². The Kier molecular flexibility index (Phi) is 3.37. The first-order chi connectivity index (χ1) is 7.85. The number of hydrogen-bond donors (Lipinski definition) is 2. The van der Waals surface area contributed by atoms with E-state index >= 15 is 0 Å². The number of hydrogen-bond acceptors (Lipinski definition) is 2. The van der Waals surface area contributed by atoms with Crippen molar-refractivity contribution < 1.29 is 0 Å². The van der Waals surface area contributed by atoms with Gasteiger partial charge in [0.2, 0.25) is 0 Å². The van der Waals surface area contributed by atoms with Gasteiger partial charge < -0.3 is 5.32 Å². The fourth-order valence-corrected chi connectivity index (χ4v) is 1.79. The molecule has 0 atom stereocenters. The summed E-state index contributed by atoms with van der Waals surface area (Å²) in [5.74, 6) is 0. The first kappa shape index (κ1) is 10.9. The van der Waals surface area contributed by atoms with Crippen molar-refractivity contribution in [2.75, 3.05) is 7.05 Å². The third kappa shape index (κ3) is 2.14. The van der Waals surface area contributed by atoms with Gasteiger partial charge in [0.25, 0.3) is 0 Å². The van der Waals surface area contributed by atoms with Gasteiger partial charge in [-0.15, -0.1) is 0 Å². The summed E-state index contributed by atoms with van der Waals surface area (Å²) in [6.07, 6.45) is 2.96. The molecule has 2 aromatic rings. The van der Waals surface area contributed by atoms with E-state index in [4.69, 9.17) is 0 Å². The molecule has 2 rings (SSSR count). The second-order valence-corrected chi connectivity index (χ2v) is 3.84. The number of aromatic amines is 1. The summed E-state index contributed by atoms with van der Waals surface area (Å²) < 4.78 is 0. The van der Waals surface area contributed by atoms with Crippen molar-refractivity contribution in [2.24, 2.45) is 0 Å². The Hall–Kier alpha value is -1.61. The molecule has 1 aromatic heterocycles. The lowest BCUT2D eigenvalue weighted by atomic mass is 10.0. The van der Waals surface area contributed by atoms with Crippen molar-refractivity contribution in [1.82, 2.24) is 15.5 Å². The van der Waals surface area contributed by atoms with Crippen LogP contribution in [0.25, 0.3) is 11.1 Å². The maximum absolute atomic E-state index is 4.09. The van der Waals surface area contributed by atoms with E-state index < -0.39 is 0 Å². The third-order valence-electron chi connectivity index (χ3n) is 2.75. The van der Waals surface area contributed by atoms with Gasteiger partial charge in [0, 0.05) is 12.1 Å². The van der Waals surface area contributed by atoms with E-state index in [1.165, 1.54) is 16.7 Å². The third-order valence-corrected chi connectivity index (χ3v) is 2.75. The molecule has 84 valence electrons. The zero-order valence-corrected chi connectivity index (χ0v) is 9.75. The van der Waals surface area contributed by atoms with Crippen molar-refractivity contribution in [3.8, 4) is 11.1 Å². The van der Waals surface area contributed by atoms with Crippen molar-refractivity contribution in [3.63, 3.8) is 0 Å². The van der Waals surface area contributed by atoms with Gasteiger partial charge in [-0.05, 0) is 24.6 Å². The molecular weight excluding hydrogens is 198 g/mol. The molecule has 1 heterocycles. The predicted molar refractivity (Wildman–Crippen MR) is 66.2 cm³/mol. The minimum atomic E-state index is 0.810. The minimum Gasteiger partial charge on any atom is -0.314 e. The van der Waals surface area contributed by atoms with Crippen LogP contribution in [0.1, 0.15) is 18.2 Å². The number of H-pyrrole nitrogens is 1. The molecule has 16 heavy (non-hydrogen) atoms. The molecule has 0 aliphatic rings. The van der Waals surface area contributed by atoms with Crippen molar-refractivity contribution in [1.29, 1.82) is 0 Å². The van der Waals surface area contributed by atoms with Crippen LogP contribution in [-0.2, 0) is 13.0 Å². The lowest BCUT2D eigenvalue weighted by molar-refractivity contribution is 0.785. The number of rotatable bonds is 4. The molecule has 0 saturated heterocycles. The zero-order valence-electron chi connectivity index (χ0n) is 9.75. The fraction of sp³-hybridized carbons (Fsp3) is 0.308. The molecule has 3 nitrogen and oxygen atoms in total. The summed E-state index contributed by atoms with van der Waals surface area (Å²) in [6, 6.07) is 8.66. The fourth-order valence-electron chi connectivity index (χ4n) is 1.79. The van der Waals surface area contributed by atoms with Crippen LogP contribution in [-0.4, -0.2) is 17.2 Å². The molecular formula is C13H17N3. The SMILES string of the molecule is CCc1ccc(-c2cn[nH]c2CNC)cc1. The summed E-state index contributed by atoms with van der Waals surface area (Å²) in [4.78, 5) is 0. The highest BCUT2D eigenvalue weighted by atomic mass is 15.1. The standard InChI is InChI=1S/C13H17N3/c1-3-10-4-6-11(7-5-10)12-8-15-16-13(12)9-14-2/h4-8,14H,3,9H2,1-2H3,(H,15,16). The highest BCUT2D eigenvalue weighted by Crippen LogP contribution is 2.22. The topological polar surface area (TPSA) is 40.7 Å². The lowest BCUT2D eigenvalue weighted by Crippen LogP contribution is -2.06. The average Bonchev–Trinajstić information content (AvgIpc) is 2.78. The Labute approximate surface area is 95.9 Å². The predicted octanol–water partition coefficient (Wildman–Crippen LogP) is 2.36. The van der Waals surface area contributed by atoms with E-state index in [2.05, 4.69) is 46.7 Å².